The van der Waals surface area contributed by atoms with Gasteiger partial charge in [0, 0.05) is 24.1 Å². The summed E-state index contributed by atoms with van der Waals surface area (Å²) in [5.41, 5.74) is 4.21. The Balaban J connectivity index is 1.49. The van der Waals surface area contributed by atoms with E-state index in [4.69, 9.17) is 0 Å². The topological polar surface area (TPSA) is 79.8 Å². The van der Waals surface area contributed by atoms with Gasteiger partial charge in [0.15, 0.2) is 0 Å². The summed E-state index contributed by atoms with van der Waals surface area (Å²) in [5.74, 6) is 0.0321. The van der Waals surface area contributed by atoms with Crippen LogP contribution in [0.5, 0.6) is 0 Å². The summed E-state index contributed by atoms with van der Waals surface area (Å²) in [7, 11) is 0. The van der Waals surface area contributed by atoms with Crippen LogP contribution in [0.15, 0.2) is 67.1 Å². The van der Waals surface area contributed by atoms with E-state index in [0.29, 0.717) is 28.1 Å². The van der Waals surface area contributed by atoms with Gasteiger partial charge in [0.25, 0.3) is 5.91 Å². The van der Waals surface area contributed by atoms with Crippen molar-refractivity contribution < 1.29 is 9.18 Å². The lowest BCUT2D eigenvalue weighted by Gasteiger charge is -2.16. The molecule has 4 rings (SSSR count). The summed E-state index contributed by atoms with van der Waals surface area (Å²) in [6.45, 7) is 3.88. The molecule has 2 heterocycles. The Morgan fingerprint density at radius 3 is 2.73 bits per heavy atom. The molecule has 0 bridgehead atoms. The maximum atomic E-state index is 13.3. The third kappa shape index (κ3) is 4.41. The molecule has 0 saturated carbocycles. The Labute approximate surface area is 173 Å². The zero-order valence-electron chi connectivity index (χ0n) is 16.6. The van der Waals surface area contributed by atoms with Gasteiger partial charge in [0.05, 0.1) is 28.8 Å². The van der Waals surface area contributed by atoms with Gasteiger partial charge in [-0.15, -0.1) is 0 Å². The van der Waals surface area contributed by atoms with Crippen molar-refractivity contribution in [1.29, 1.82) is 0 Å². The third-order valence-corrected chi connectivity index (χ3v) is 4.65. The van der Waals surface area contributed by atoms with Crippen LogP contribution in [0.2, 0.25) is 0 Å². The van der Waals surface area contributed by atoms with Crippen LogP contribution in [0, 0.1) is 12.7 Å². The zero-order valence-corrected chi connectivity index (χ0v) is 16.6. The molecule has 30 heavy (non-hydrogen) atoms. The van der Waals surface area contributed by atoms with E-state index in [9.17, 15) is 9.18 Å². The molecule has 0 unspecified atom stereocenters. The van der Waals surface area contributed by atoms with Gasteiger partial charge in [-0.3, -0.25) is 14.8 Å². The molecule has 0 aliphatic heterocycles. The minimum Gasteiger partial charge on any atom is -0.362 e. The molecule has 0 aliphatic carbocycles. The molecule has 2 N–H and O–H groups in total. The summed E-state index contributed by atoms with van der Waals surface area (Å²) < 4.78 is 13.3. The molecule has 0 radical (unpaired) electrons. The lowest BCUT2D eigenvalue weighted by Crippen LogP contribution is -2.13. The largest absolute Gasteiger partial charge is 0.362 e. The quantitative estimate of drug-likeness (QED) is 0.497. The maximum absolute atomic E-state index is 13.3. The van der Waals surface area contributed by atoms with Crippen LogP contribution in [0.25, 0.3) is 11.0 Å². The molecule has 0 spiro atoms. The number of pyridine rings is 1. The molecule has 4 aromatic rings. The summed E-state index contributed by atoms with van der Waals surface area (Å²) in [5, 5.41) is 6.20. The fourth-order valence-corrected chi connectivity index (χ4v) is 3.13. The Morgan fingerprint density at radius 2 is 1.90 bits per heavy atom. The number of amides is 1. The first-order valence-corrected chi connectivity index (χ1v) is 9.50. The number of halogens is 1. The number of carbonyl (C=O) groups excluding carboxylic acids is 1. The number of aryl methyl sites for hydroxylation is 1. The van der Waals surface area contributed by atoms with E-state index in [-0.39, 0.29) is 17.8 Å². The van der Waals surface area contributed by atoms with Crippen LogP contribution in [-0.2, 0) is 0 Å². The number of hydrogen-bond acceptors (Lipinski definition) is 5. The normalized spacial score (nSPS) is 11.8. The van der Waals surface area contributed by atoms with Crippen LogP contribution in [0.3, 0.4) is 0 Å². The number of benzene rings is 2. The highest BCUT2D eigenvalue weighted by Crippen LogP contribution is 2.22. The predicted molar refractivity (Wildman–Crippen MR) is 115 cm³/mol. The molecule has 150 valence electrons. The molecular formula is C23H20FN5O. The smallest absolute Gasteiger partial charge is 0.257 e. The SMILES string of the molecule is Cc1cncc(C(=O)Nc2cccc([C@H](C)Nc3cnc4cc(F)ccc4n3)c2)c1. The highest BCUT2D eigenvalue weighted by atomic mass is 19.1. The maximum Gasteiger partial charge on any atom is 0.257 e. The van der Waals surface area contributed by atoms with Crippen LogP contribution < -0.4 is 10.6 Å². The van der Waals surface area contributed by atoms with Crippen LogP contribution in [0.1, 0.15) is 34.5 Å². The van der Waals surface area contributed by atoms with Gasteiger partial charge in [-0.2, -0.15) is 0 Å². The number of fused-ring (bicyclic) bond motifs is 1. The second-order valence-electron chi connectivity index (χ2n) is 7.08. The number of nitrogens with one attached hydrogen (secondary N) is 2. The van der Waals surface area contributed by atoms with Crippen LogP contribution in [-0.4, -0.2) is 20.9 Å². The zero-order chi connectivity index (χ0) is 21.1. The fourth-order valence-electron chi connectivity index (χ4n) is 3.13. The molecule has 2 aromatic carbocycles. The van der Waals surface area contributed by atoms with E-state index < -0.39 is 0 Å². The Morgan fingerprint density at radius 1 is 1.03 bits per heavy atom. The van der Waals surface area contributed by atoms with E-state index in [1.807, 2.05) is 38.1 Å². The van der Waals surface area contributed by atoms with Gasteiger partial charge in [0.1, 0.15) is 11.6 Å². The van der Waals surface area contributed by atoms with Gasteiger partial charge in [-0.25, -0.2) is 9.37 Å². The fraction of sp³-hybridized carbons (Fsp3) is 0.130. The Kier molecular flexibility index (Phi) is 5.34. The summed E-state index contributed by atoms with van der Waals surface area (Å²) in [6, 6.07) is 13.6. The van der Waals surface area contributed by atoms with Gasteiger partial charge in [-0.1, -0.05) is 12.1 Å². The van der Waals surface area contributed by atoms with Gasteiger partial charge in [-0.05, 0) is 55.3 Å². The molecule has 1 atom stereocenters. The van der Waals surface area contributed by atoms with Crippen molar-refractivity contribution >= 4 is 28.4 Å². The number of carbonyl (C=O) groups is 1. The number of aromatic nitrogens is 3. The van der Waals surface area contributed by atoms with Crippen molar-refractivity contribution in [2.75, 3.05) is 10.6 Å². The monoisotopic (exact) mass is 401 g/mol. The lowest BCUT2D eigenvalue weighted by atomic mass is 10.1. The predicted octanol–water partition coefficient (Wildman–Crippen LogP) is 4.90. The first kappa shape index (κ1) is 19.4. The van der Waals surface area contributed by atoms with Crippen molar-refractivity contribution in [3.05, 3.63) is 89.6 Å². The van der Waals surface area contributed by atoms with E-state index >= 15 is 0 Å². The second kappa shape index (κ2) is 8.24. The summed E-state index contributed by atoms with van der Waals surface area (Å²) in [4.78, 5) is 25.3. The van der Waals surface area contributed by atoms with E-state index in [2.05, 4.69) is 25.6 Å². The lowest BCUT2D eigenvalue weighted by molar-refractivity contribution is 0.102. The van der Waals surface area contributed by atoms with Crippen molar-refractivity contribution in [3.8, 4) is 0 Å². The summed E-state index contributed by atoms with van der Waals surface area (Å²) in [6.07, 6.45) is 4.83. The molecule has 6 nitrogen and oxygen atoms in total. The van der Waals surface area contributed by atoms with Crippen molar-refractivity contribution in [2.24, 2.45) is 0 Å². The van der Waals surface area contributed by atoms with Crippen LogP contribution >= 0.6 is 0 Å². The minimum atomic E-state index is -0.341. The first-order valence-electron chi connectivity index (χ1n) is 9.50. The number of anilines is 2. The standard InChI is InChI=1S/C23H20FN5O/c1-14-8-17(12-25-11-14)23(30)28-19-5-3-4-16(9-19)15(2)27-22-13-26-21-10-18(24)6-7-20(21)29-22/h3-13,15H,1-2H3,(H,27,29)(H,28,30)/t15-/m0/s1. The molecular weight excluding hydrogens is 381 g/mol. The molecule has 0 fully saturated rings. The molecule has 1 amide bonds. The van der Waals surface area contributed by atoms with Gasteiger partial charge in [0.2, 0.25) is 0 Å². The van der Waals surface area contributed by atoms with E-state index in [0.717, 1.165) is 11.1 Å². The van der Waals surface area contributed by atoms with Crippen molar-refractivity contribution in [3.63, 3.8) is 0 Å². The first-order chi connectivity index (χ1) is 14.5. The van der Waals surface area contributed by atoms with Gasteiger partial charge < -0.3 is 10.6 Å². The number of hydrogen-bond donors (Lipinski definition) is 2. The highest BCUT2D eigenvalue weighted by Gasteiger charge is 2.11. The van der Waals surface area contributed by atoms with Crippen molar-refractivity contribution in [2.45, 2.75) is 19.9 Å². The summed E-state index contributed by atoms with van der Waals surface area (Å²) >= 11 is 0. The second-order valence-corrected chi connectivity index (χ2v) is 7.08. The van der Waals surface area contributed by atoms with Gasteiger partial charge >= 0.3 is 0 Å². The molecule has 0 aliphatic rings. The number of nitrogens with zero attached hydrogens (tertiary/aromatic N) is 3. The molecule has 2 aromatic heterocycles. The number of rotatable bonds is 5. The highest BCUT2D eigenvalue weighted by molar-refractivity contribution is 6.04. The third-order valence-electron chi connectivity index (χ3n) is 4.65. The average molecular weight is 401 g/mol. The molecule has 0 saturated heterocycles. The van der Waals surface area contributed by atoms with E-state index in [1.54, 1.807) is 30.7 Å². The van der Waals surface area contributed by atoms with Crippen LogP contribution in [0.4, 0.5) is 15.9 Å². The van der Waals surface area contributed by atoms with Crippen molar-refractivity contribution in [1.82, 2.24) is 15.0 Å². The molecule has 7 heteroatoms. The Bertz CT molecular complexity index is 1230. The Hall–Kier alpha value is -3.87. The average Bonchev–Trinajstić information content (AvgIpc) is 2.74. The minimum absolute atomic E-state index is 0.0883. The van der Waals surface area contributed by atoms with E-state index in [1.165, 1.54) is 12.1 Å².